The van der Waals surface area contributed by atoms with Gasteiger partial charge in [0.1, 0.15) is 0 Å². The van der Waals surface area contributed by atoms with Crippen LogP contribution in [0.2, 0.25) is 0 Å². The SMILES string of the molecule is Cc1ccnc(-c2[c-]cc3sc4ccccc4c3c2)c1.[Ir+3].[c-]1ccccc1-c1ccccn1.[c-]1ccccc1-c1ccccn1. The van der Waals surface area contributed by atoms with Crippen LogP contribution < -0.4 is 0 Å². The summed E-state index contributed by atoms with van der Waals surface area (Å²) in [6, 6.07) is 53.9. The zero-order valence-electron chi connectivity index (χ0n) is 24.5. The Morgan fingerprint density at radius 3 is 1.67 bits per heavy atom. The summed E-state index contributed by atoms with van der Waals surface area (Å²) >= 11 is 1.82. The van der Waals surface area contributed by atoms with E-state index in [-0.39, 0.29) is 20.1 Å². The molecule has 0 radical (unpaired) electrons. The molecule has 0 saturated heterocycles. The van der Waals surface area contributed by atoms with E-state index in [1.54, 1.807) is 12.4 Å². The zero-order valence-corrected chi connectivity index (χ0v) is 27.7. The van der Waals surface area contributed by atoms with E-state index >= 15 is 0 Å². The fourth-order valence-electron chi connectivity index (χ4n) is 4.65. The second kappa shape index (κ2) is 15.8. The number of pyridine rings is 3. The van der Waals surface area contributed by atoms with Crippen molar-refractivity contribution in [1.29, 1.82) is 0 Å². The number of hydrogen-bond donors (Lipinski definition) is 0. The van der Waals surface area contributed by atoms with Crippen LogP contribution in [0.3, 0.4) is 0 Å². The number of hydrogen-bond acceptors (Lipinski definition) is 4. The van der Waals surface area contributed by atoms with Gasteiger partial charge in [-0.2, -0.15) is 11.3 Å². The summed E-state index contributed by atoms with van der Waals surface area (Å²) in [5, 5.41) is 2.61. The van der Waals surface area contributed by atoms with Crippen LogP contribution in [0.25, 0.3) is 53.9 Å². The molecule has 4 aromatic heterocycles. The normalized spacial score (nSPS) is 10.2. The van der Waals surface area contributed by atoms with Gasteiger partial charge in [-0.15, -0.1) is 95.6 Å². The Labute approximate surface area is 281 Å². The van der Waals surface area contributed by atoms with Gasteiger partial charge in [-0.3, -0.25) is 0 Å². The Bertz CT molecular complexity index is 1910. The largest absolute Gasteiger partial charge is 3.00 e. The van der Waals surface area contributed by atoms with Crippen molar-refractivity contribution < 1.29 is 20.1 Å². The molecule has 5 heteroatoms. The third kappa shape index (κ3) is 8.23. The molecule has 3 nitrogen and oxygen atoms in total. The quantitative estimate of drug-likeness (QED) is 0.168. The van der Waals surface area contributed by atoms with E-state index in [2.05, 4.69) is 82.5 Å². The van der Waals surface area contributed by atoms with E-state index in [4.69, 9.17) is 0 Å². The van der Waals surface area contributed by atoms with Gasteiger partial charge < -0.3 is 15.0 Å². The van der Waals surface area contributed by atoms with Gasteiger partial charge in [0.25, 0.3) is 0 Å². The maximum absolute atomic E-state index is 4.45. The Kier molecular flexibility index (Phi) is 11.1. The molecule has 0 aliphatic rings. The van der Waals surface area contributed by atoms with E-state index in [0.29, 0.717) is 0 Å². The number of aromatic nitrogens is 3. The minimum Gasteiger partial charge on any atom is -0.305 e. The molecule has 0 unspecified atom stereocenters. The summed E-state index contributed by atoms with van der Waals surface area (Å²) < 4.78 is 2.60. The third-order valence-corrected chi connectivity index (χ3v) is 7.93. The zero-order chi connectivity index (χ0) is 30.0. The topological polar surface area (TPSA) is 38.7 Å². The van der Waals surface area contributed by atoms with Crippen molar-refractivity contribution in [3.05, 3.63) is 176 Å². The van der Waals surface area contributed by atoms with Gasteiger partial charge in [-0.1, -0.05) is 59.5 Å². The average Bonchev–Trinajstić information content (AvgIpc) is 3.48. The number of fused-ring (bicyclic) bond motifs is 3. The van der Waals surface area contributed by atoms with E-state index in [0.717, 1.165) is 33.8 Å². The van der Waals surface area contributed by atoms with Crippen LogP contribution in [0, 0.1) is 25.1 Å². The summed E-state index contributed by atoms with van der Waals surface area (Å²) in [5.41, 5.74) is 7.29. The smallest absolute Gasteiger partial charge is 0.305 e. The van der Waals surface area contributed by atoms with Crippen LogP contribution in [0.15, 0.2) is 152 Å². The van der Waals surface area contributed by atoms with Crippen LogP contribution in [0.5, 0.6) is 0 Å². The van der Waals surface area contributed by atoms with Crippen molar-refractivity contribution in [3.8, 4) is 33.8 Å². The molecule has 0 spiro atoms. The van der Waals surface area contributed by atoms with Gasteiger partial charge in [-0.25, -0.2) is 0 Å². The molecule has 8 aromatic rings. The maximum Gasteiger partial charge on any atom is 3.00 e. The second-order valence-corrected chi connectivity index (χ2v) is 11.0. The number of thiophene rings is 1. The fraction of sp³-hybridized carbons (Fsp3) is 0.0250. The number of benzene rings is 4. The number of rotatable bonds is 3. The van der Waals surface area contributed by atoms with Crippen LogP contribution in [0.1, 0.15) is 5.56 Å². The first kappa shape index (κ1) is 31.6. The molecule has 4 heterocycles. The monoisotopic (exact) mass is 775 g/mol. The van der Waals surface area contributed by atoms with Crippen LogP contribution >= 0.6 is 11.3 Å². The van der Waals surface area contributed by atoms with Crippen molar-refractivity contribution in [2.24, 2.45) is 0 Å². The Hall–Kier alpha value is -4.80. The molecule has 0 N–H and O–H groups in total. The van der Waals surface area contributed by atoms with Gasteiger partial charge >= 0.3 is 20.1 Å². The molecule has 0 aliphatic heterocycles. The third-order valence-electron chi connectivity index (χ3n) is 6.80. The molecule has 0 fully saturated rings. The van der Waals surface area contributed by atoms with Crippen LogP contribution in [-0.4, -0.2) is 15.0 Å². The van der Waals surface area contributed by atoms with Crippen molar-refractivity contribution in [3.63, 3.8) is 0 Å². The first-order valence-electron chi connectivity index (χ1n) is 14.3. The maximum atomic E-state index is 4.45. The first-order chi connectivity index (χ1) is 21.7. The molecule has 0 saturated carbocycles. The van der Waals surface area contributed by atoms with Gasteiger partial charge in [0.15, 0.2) is 0 Å². The van der Waals surface area contributed by atoms with E-state index in [1.807, 2.05) is 109 Å². The van der Waals surface area contributed by atoms with E-state index < -0.39 is 0 Å². The summed E-state index contributed by atoms with van der Waals surface area (Å²) in [4.78, 5) is 12.9. The van der Waals surface area contributed by atoms with Gasteiger partial charge in [0, 0.05) is 23.3 Å². The molecule has 0 atom stereocenters. The fourth-order valence-corrected chi connectivity index (χ4v) is 5.72. The van der Waals surface area contributed by atoms with Gasteiger partial charge in [0.2, 0.25) is 0 Å². The molecule has 45 heavy (non-hydrogen) atoms. The number of nitrogens with zero attached hydrogens (tertiary/aromatic N) is 3. The molecular weight excluding hydrogens is 747 g/mol. The Balaban J connectivity index is 0.000000139. The predicted octanol–water partition coefficient (Wildman–Crippen LogP) is 10.3. The average molecular weight is 775 g/mol. The van der Waals surface area contributed by atoms with E-state index in [9.17, 15) is 0 Å². The molecule has 0 amide bonds. The molecule has 0 bridgehead atoms. The van der Waals surface area contributed by atoms with Crippen molar-refractivity contribution in [1.82, 2.24) is 15.0 Å². The van der Waals surface area contributed by atoms with E-state index in [1.165, 1.54) is 25.7 Å². The van der Waals surface area contributed by atoms with Crippen molar-refractivity contribution in [2.45, 2.75) is 6.92 Å². The van der Waals surface area contributed by atoms with Crippen LogP contribution in [-0.2, 0) is 20.1 Å². The summed E-state index contributed by atoms with van der Waals surface area (Å²) in [7, 11) is 0. The summed E-state index contributed by atoms with van der Waals surface area (Å²) in [6.07, 6.45) is 5.43. The minimum atomic E-state index is 0. The summed E-state index contributed by atoms with van der Waals surface area (Å²) in [5.74, 6) is 0. The van der Waals surface area contributed by atoms with Gasteiger partial charge in [-0.05, 0) is 58.4 Å². The van der Waals surface area contributed by atoms with Gasteiger partial charge in [0.05, 0.1) is 0 Å². The molecular formula is C40H28IrN3S. The van der Waals surface area contributed by atoms with Crippen LogP contribution in [0.4, 0.5) is 0 Å². The van der Waals surface area contributed by atoms with Crippen molar-refractivity contribution >= 4 is 31.5 Å². The predicted molar refractivity (Wildman–Crippen MR) is 183 cm³/mol. The second-order valence-electron chi connectivity index (χ2n) is 9.92. The summed E-state index contributed by atoms with van der Waals surface area (Å²) in [6.45, 7) is 2.09. The Morgan fingerprint density at radius 2 is 1.09 bits per heavy atom. The Morgan fingerprint density at radius 1 is 0.489 bits per heavy atom. The standard InChI is InChI=1S/C18H12NS.2C11H8N.Ir/c1-12-8-9-19-16(10-12)13-6-7-18-15(11-13)14-4-2-3-5-17(14)20-18;2*1-2-6-10(7-3-1)11-8-4-5-9-12-11;/h2-5,7-11H,1H3;2*1-6,8-9H;/q3*-1;+3. The molecule has 218 valence electrons. The molecule has 0 aliphatic carbocycles. The molecule has 4 aromatic carbocycles. The van der Waals surface area contributed by atoms with Crippen molar-refractivity contribution in [2.75, 3.05) is 0 Å². The first-order valence-corrected chi connectivity index (χ1v) is 15.1. The molecule has 8 rings (SSSR count). The minimum absolute atomic E-state index is 0. The number of aryl methyl sites for hydroxylation is 1.